The van der Waals surface area contributed by atoms with E-state index in [1.54, 1.807) is 11.3 Å². The van der Waals surface area contributed by atoms with Crippen molar-refractivity contribution >= 4 is 44.1 Å². The van der Waals surface area contributed by atoms with E-state index in [4.69, 9.17) is 0 Å². The van der Waals surface area contributed by atoms with Gasteiger partial charge in [-0.15, -0.1) is 10.2 Å². The van der Waals surface area contributed by atoms with Crippen molar-refractivity contribution in [3.8, 4) is 5.69 Å². The molecule has 2 aromatic carbocycles. The van der Waals surface area contributed by atoms with Crippen LogP contribution in [0.2, 0.25) is 0 Å². The Balaban J connectivity index is 1.42. The third-order valence-electron chi connectivity index (χ3n) is 5.27. The summed E-state index contributed by atoms with van der Waals surface area (Å²) < 4.78 is 5.34. The average molecular weight is 433 g/mol. The summed E-state index contributed by atoms with van der Waals surface area (Å²) in [5.74, 6) is 0.422. The standard InChI is InChI=1S/C23H20N4OS2/c1-14-8-10-17(11-9-14)26-15(2)12-18(16(26)3)20(28)13-29-22-24-25-23-27(22)19-6-4-5-7-21(19)30-23/h4-12H,13H2,1-3H3. The van der Waals surface area contributed by atoms with E-state index in [0.29, 0.717) is 5.75 Å². The van der Waals surface area contributed by atoms with Gasteiger partial charge >= 0.3 is 0 Å². The maximum atomic E-state index is 13.1. The summed E-state index contributed by atoms with van der Waals surface area (Å²) in [4.78, 5) is 13.9. The molecule has 3 heterocycles. The van der Waals surface area contributed by atoms with Crippen LogP contribution in [0.5, 0.6) is 0 Å². The molecule has 0 spiro atoms. The van der Waals surface area contributed by atoms with Crippen LogP contribution in [0.3, 0.4) is 0 Å². The van der Waals surface area contributed by atoms with Crippen molar-refractivity contribution < 1.29 is 4.79 Å². The van der Waals surface area contributed by atoms with Crippen LogP contribution in [0.1, 0.15) is 27.3 Å². The van der Waals surface area contributed by atoms with E-state index in [-0.39, 0.29) is 5.78 Å². The number of carbonyl (C=O) groups is 1. The monoisotopic (exact) mass is 432 g/mol. The van der Waals surface area contributed by atoms with Crippen molar-refractivity contribution in [1.82, 2.24) is 19.2 Å². The fraction of sp³-hybridized carbons (Fsp3) is 0.174. The molecular formula is C23H20N4OS2. The number of carbonyl (C=O) groups excluding carboxylic acids is 1. The molecule has 3 aromatic heterocycles. The van der Waals surface area contributed by atoms with Gasteiger partial charge < -0.3 is 4.57 Å². The Hall–Kier alpha value is -2.90. The Morgan fingerprint density at radius 2 is 1.80 bits per heavy atom. The summed E-state index contributed by atoms with van der Waals surface area (Å²) in [7, 11) is 0. The molecule has 0 bridgehead atoms. The minimum absolute atomic E-state index is 0.0998. The highest BCUT2D eigenvalue weighted by Gasteiger charge is 2.19. The first kappa shape index (κ1) is 19.1. The number of hydrogen-bond acceptors (Lipinski definition) is 5. The molecule has 0 aliphatic heterocycles. The number of fused-ring (bicyclic) bond motifs is 3. The number of para-hydroxylation sites is 1. The zero-order valence-corrected chi connectivity index (χ0v) is 18.5. The zero-order chi connectivity index (χ0) is 20.8. The maximum absolute atomic E-state index is 13.1. The number of benzene rings is 2. The first-order valence-corrected chi connectivity index (χ1v) is 11.5. The Bertz CT molecular complexity index is 1390. The molecule has 7 heteroatoms. The highest BCUT2D eigenvalue weighted by atomic mass is 32.2. The SMILES string of the molecule is Cc1ccc(-n2c(C)cc(C(=O)CSc3nnc4sc5ccccc5n34)c2C)cc1. The minimum atomic E-state index is 0.0998. The minimum Gasteiger partial charge on any atom is -0.318 e. The van der Waals surface area contributed by atoms with Crippen LogP contribution in [0.25, 0.3) is 20.9 Å². The van der Waals surface area contributed by atoms with Gasteiger partial charge in [-0.2, -0.15) is 0 Å². The quantitative estimate of drug-likeness (QED) is 0.267. The maximum Gasteiger partial charge on any atom is 0.217 e. The molecule has 0 radical (unpaired) electrons. The summed E-state index contributed by atoms with van der Waals surface area (Å²) in [6, 6.07) is 18.5. The van der Waals surface area contributed by atoms with Crippen LogP contribution in [0, 0.1) is 20.8 Å². The molecule has 5 rings (SSSR count). The molecule has 150 valence electrons. The number of rotatable bonds is 5. The number of Topliss-reactive ketones (excluding diaryl/α,β-unsaturated/α-hetero) is 1. The summed E-state index contributed by atoms with van der Waals surface area (Å²) >= 11 is 3.05. The first-order chi connectivity index (χ1) is 14.5. The first-order valence-electron chi connectivity index (χ1n) is 9.67. The van der Waals surface area contributed by atoms with Crippen LogP contribution in [-0.4, -0.2) is 30.7 Å². The zero-order valence-electron chi connectivity index (χ0n) is 16.9. The lowest BCUT2D eigenvalue weighted by atomic mass is 10.2. The average Bonchev–Trinajstić information content (AvgIpc) is 3.39. The molecule has 5 aromatic rings. The van der Waals surface area contributed by atoms with E-state index in [0.717, 1.165) is 43.0 Å². The number of ketones is 1. The Kier molecular flexibility index (Phi) is 4.72. The molecule has 0 unspecified atom stereocenters. The number of hydrogen-bond donors (Lipinski definition) is 0. The Labute approximate surface area is 182 Å². The van der Waals surface area contributed by atoms with E-state index in [1.165, 1.54) is 17.3 Å². The number of aromatic nitrogens is 4. The van der Waals surface area contributed by atoms with Crippen LogP contribution in [0.15, 0.2) is 59.8 Å². The largest absolute Gasteiger partial charge is 0.318 e. The van der Waals surface area contributed by atoms with Gasteiger partial charge in [0.1, 0.15) is 0 Å². The number of nitrogens with zero attached hydrogens (tertiary/aromatic N) is 4. The number of aryl methyl sites for hydroxylation is 2. The lowest BCUT2D eigenvalue weighted by molar-refractivity contribution is 0.102. The molecule has 0 atom stereocenters. The Morgan fingerprint density at radius 1 is 1.03 bits per heavy atom. The molecule has 0 N–H and O–H groups in total. The van der Waals surface area contributed by atoms with Crippen molar-refractivity contribution in [1.29, 1.82) is 0 Å². The van der Waals surface area contributed by atoms with E-state index < -0.39 is 0 Å². The predicted octanol–water partition coefficient (Wildman–Crippen LogP) is 5.63. The van der Waals surface area contributed by atoms with Gasteiger partial charge in [-0.3, -0.25) is 9.20 Å². The van der Waals surface area contributed by atoms with Crippen molar-refractivity contribution in [2.75, 3.05) is 5.75 Å². The van der Waals surface area contributed by atoms with Crippen LogP contribution >= 0.6 is 23.1 Å². The number of thiazole rings is 1. The topological polar surface area (TPSA) is 52.2 Å². The third-order valence-corrected chi connectivity index (χ3v) is 7.21. The molecule has 5 nitrogen and oxygen atoms in total. The van der Waals surface area contributed by atoms with Gasteiger partial charge in [0.05, 0.1) is 16.0 Å². The van der Waals surface area contributed by atoms with Crippen molar-refractivity contribution in [2.24, 2.45) is 0 Å². The summed E-state index contributed by atoms with van der Waals surface area (Å²) in [6.45, 7) is 6.12. The summed E-state index contributed by atoms with van der Waals surface area (Å²) in [5, 5.41) is 9.34. The van der Waals surface area contributed by atoms with Gasteiger partial charge in [-0.1, -0.05) is 52.9 Å². The van der Waals surface area contributed by atoms with E-state index in [1.807, 2.05) is 36.4 Å². The summed E-state index contributed by atoms with van der Waals surface area (Å²) in [6.07, 6.45) is 0. The molecule has 0 amide bonds. The van der Waals surface area contributed by atoms with Crippen LogP contribution in [0.4, 0.5) is 0 Å². The van der Waals surface area contributed by atoms with Crippen molar-refractivity contribution in [3.05, 3.63) is 77.1 Å². The van der Waals surface area contributed by atoms with Gasteiger partial charge in [-0.25, -0.2) is 0 Å². The third kappa shape index (κ3) is 3.14. The normalized spacial score (nSPS) is 11.6. The predicted molar refractivity (Wildman–Crippen MR) is 123 cm³/mol. The second-order valence-corrected chi connectivity index (χ2v) is 9.29. The van der Waals surface area contributed by atoms with E-state index in [9.17, 15) is 4.79 Å². The van der Waals surface area contributed by atoms with Crippen LogP contribution in [-0.2, 0) is 0 Å². The van der Waals surface area contributed by atoms with Gasteiger partial charge in [0.15, 0.2) is 10.9 Å². The van der Waals surface area contributed by atoms with Crippen molar-refractivity contribution in [2.45, 2.75) is 25.9 Å². The molecule has 0 aliphatic rings. The Morgan fingerprint density at radius 3 is 2.60 bits per heavy atom. The van der Waals surface area contributed by atoms with E-state index >= 15 is 0 Å². The van der Waals surface area contributed by atoms with Gasteiger partial charge in [-0.05, 0) is 51.1 Å². The highest BCUT2D eigenvalue weighted by molar-refractivity contribution is 7.99. The number of thioether (sulfide) groups is 1. The van der Waals surface area contributed by atoms with Crippen molar-refractivity contribution in [3.63, 3.8) is 0 Å². The van der Waals surface area contributed by atoms with Crippen LogP contribution < -0.4 is 0 Å². The second kappa shape index (κ2) is 7.41. The van der Waals surface area contributed by atoms with Gasteiger partial charge in [0, 0.05) is 22.6 Å². The fourth-order valence-electron chi connectivity index (χ4n) is 3.79. The lowest BCUT2D eigenvalue weighted by Crippen LogP contribution is -2.06. The second-order valence-electron chi connectivity index (χ2n) is 7.34. The summed E-state index contributed by atoms with van der Waals surface area (Å²) in [5.41, 5.74) is 6.15. The smallest absolute Gasteiger partial charge is 0.217 e. The molecule has 30 heavy (non-hydrogen) atoms. The van der Waals surface area contributed by atoms with Gasteiger partial charge in [0.25, 0.3) is 0 Å². The molecule has 0 aliphatic carbocycles. The molecular weight excluding hydrogens is 412 g/mol. The fourth-order valence-corrected chi connectivity index (χ4v) is 5.64. The molecule has 0 fully saturated rings. The molecule has 0 saturated carbocycles. The van der Waals surface area contributed by atoms with E-state index in [2.05, 4.69) is 58.1 Å². The highest BCUT2D eigenvalue weighted by Crippen LogP contribution is 2.30. The van der Waals surface area contributed by atoms with Gasteiger partial charge in [0.2, 0.25) is 4.96 Å². The molecule has 0 saturated heterocycles. The lowest BCUT2D eigenvalue weighted by Gasteiger charge is -2.10.